The van der Waals surface area contributed by atoms with Gasteiger partial charge in [0.25, 0.3) is 0 Å². The molecule has 8 nitrogen and oxygen atoms in total. The number of aryl methyl sites for hydroxylation is 1. The summed E-state index contributed by atoms with van der Waals surface area (Å²) in [6.07, 6.45) is 5.11. The van der Waals surface area contributed by atoms with E-state index in [1.807, 2.05) is 43.6 Å². The summed E-state index contributed by atoms with van der Waals surface area (Å²) in [7, 11) is 2.10. The summed E-state index contributed by atoms with van der Waals surface area (Å²) in [5.41, 5.74) is 4.27. The third-order valence-electron chi connectivity index (χ3n) is 5.26. The molecule has 1 saturated heterocycles. The minimum Gasteiger partial charge on any atom is -0.385 e. The molecule has 0 bridgehead atoms. The van der Waals surface area contributed by atoms with Gasteiger partial charge in [0.1, 0.15) is 0 Å². The molecule has 0 unspecified atom stereocenters. The molecule has 0 atom stereocenters. The minimum absolute atomic E-state index is 0.437. The highest BCUT2D eigenvalue weighted by Gasteiger charge is 2.21. The Kier molecular flexibility index (Phi) is 5.13. The fourth-order valence-electron chi connectivity index (χ4n) is 3.58. The van der Waals surface area contributed by atoms with Crippen molar-refractivity contribution in [2.24, 2.45) is 0 Å². The Morgan fingerprint density at radius 2 is 2.06 bits per heavy atom. The molecule has 1 aromatic carbocycles. The van der Waals surface area contributed by atoms with Crippen molar-refractivity contribution >= 4 is 40.1 Å². The Morgan fingerprint density at radius 1 is 1.19 bits per heavy atom. The normalized spacial score (nSPS) is 15.4. The van der Waals surface area contributed by atoms with Crippen LogP contribution in [-0.4, -0.2) is 62.1 Å². The fourth-order valence-corrected chi connectivity index (χ4v) is 4.42. The number of hydrogen-bond donors (Lipinski definition) is 2. The van der Waals surface area contributed by atoms with Crippen LogP contribution in [0.2, 0.25) is 0 Å². The third kappa shape index (κ3) is 4.01. The van der Waals surface area contributed by atoms with E-state index in [0.717, 1.165) is 56.5 Å². The number of rotatable bonds is 6. The van der Waals surface area contributed by atoms with Crippen molar-refractivity contribution in [1.29, 1.82) is 5.41 Å². The van der Waals surface area contributed by atoms with E-state index < -0.39 is 0 Å². The van der Waals surface area contributed by atoms with Crippen LogP contribution in [0.1, 0.15) is 11.3 Å². The summed E-state index contributed by atoms with van der Waals surface area (Å²) in [6, 6.07) is 12.5. The molecule has 5 rings (SSSR count). The van der Waals surface area contributed by atoms with E-state index in [2.05, 4.69) is 49.7 Å². The fraction of sp³-hybridized carbons (Fsp3) is 0.227. The molecule has 0 amide bonds. The molecule has 31 heavy (non-hydrogen) atoms. The molecule has 0 radical (unpaired) electrons. The Morgan fingerprint density at radius 3 is 2.87 bits per heavy atom. The van der Waals surface area contributed by atoms with Gasteiger partial charge in [-0.3, -0.25) is 4.98 Å². The Labute approximate surface area is 183 Å². The Balaban J connectivity index is 1.42. The lowest BCUT2D eigenvalue weighted by Crippen LogP contribution is -2.54. The van der Waals surface area contributed by atoms with Gasteiger partial charge in [0.05, 0.1) is 17.3 Å². The number of benzene rings is 1. The predicted molar refractivity (Wildman–Crippen MR) is 123 cm³/mol. The maximum absolute atomic E-state index is 7.83. The molecule has 1 aliphatic heterocycles. The average molecular weight is 431 g/mol. The van der Waals surface area contributed by atoms with Gasteiger partial charge in [0, 0.05) is 53.1 Å². The van der Waals surface area contributed by atoms with Crippen LogP contribution >= 0.6 is 11.8 Å². The quantitative estimate of drug-likeness (QED) is 0.454. The SMILES string of the molecule is Cc1ccc2nnc(Sc3ccc4ncc(/C(C=N)=C/NC5CN(C)C5)cc4c3)n2n1. The minimum atomic E-state index is 0.437. The van der Waals surface area contributed by atoms with Crippen LogP contribution in [0.5, 0.6) is 0 Å². The van der Waals surface area contributed by atoms with Gasteiger partial charge in [0.2, 0.25) is 5.16 Å². The van der Waals surface area contributed by atoms with Crippen molar-refractivity contribution in [1.82, 2.24) is 35.0 Å². The highest BCUT2D eigenvalue weighted by atomic mass is 32.2. The molecule has 0 spiro atoms. The van der Waals surface area contributed by atoms with Gasteiger partial charge in [-0.2, -0.15) is 9.61 Å². The van der Waals surface area contributed by atoms with Crippen LogP contribution in [0.3, 0.4) is 0 Å². The monoisotopic (exact) mass is 430 g/mol. The number of hydrogen-bond acceptors (Lipinski definition) is 8. The highest BCUT2D eigenvalue weighted by Crippen LogP contribution is 2.29. The zero-order chi connectivity index (χ0) is 21.4. The van der Waals surface area contributed by atoms with E-state index in [1.54, 1.807) is 4.52 Å². The summed E-state index contributed by atoms with van der Waals surface area (Å²) in [6.45, 7) is 3.98. The number of nitrogens with one attached hydrogen (secondary N) is 2. The number of nitrogens with zero attached hydrogens (tertiary/aromatic N) is 6. The van der Waals surface area contributed by atoms with E-state index >= 15 is 0 Å². The smallest absolute Gasteiger partial charge is 0.217 e. The molecular weight excluding hydrogens is 408 g/mol. The molecule has 9 heteroatoms. The Hall–Kier alpha value is -3.30. The van der Waals surface area contributed by atoms with E-state index in [4.69, 9.17) is 5.41 Å². The summed E-state index contributed by atoms with van der Waals surface area (Å²) in [4.78, 5) is 7.87. The standard InChI is InChI=1S/C22H22N8S/c1-14-3-6-21-26-27-22(30(21)28-14)31-19-4-5-20-15(8-19)7-16(10-25-20)17(9-23)11-24-18-12-29(2)13-18/h3-11,18,23-24H,12-13H2,1-2H3/b17-11+,23-9?. The van der Waals surface area contributed by atoms with Gasteiger partial charge < -0.3 is 15.6 Å². The molecule has 156 valence electrons. The zero-order valence-electron chi connectivity index (χ0n) is 17.3. The first-order valence-electron chi connectivity index (χ1n) is 10.0. The van der Waals surface area contributed by atoms with Crippen molar-refractivity contribution in [3.8, 4) is 0 Å². The second kappa shape index (κ2) is 8.09. The number of aromatic nitrogens is 5. The van der Waals surface area contributed by atoms with Gasteiger partial charge in [-0.15, -0.1) is 10.2 Å². The molecule has 0 aliphatic carbocycles. The van der Waals surface area contributed by atoms with Crippen molar-refractivity contribution in [3.63, 3.8) is 0 Å². The van der Waals surface area contributed by atoms with Crippen molar-refractivity contribution in [3.05, 3.63) is 60.1 Å². The summed E-state index contributed by atoms with van der Waals surface area (Å²) >= 11 is 1.51. The van der Waals surface area contributed by atoms with E-state index in [9.17, 15) is 0 Å². The van der Waals surface area contributed by atoms with Crippen molar-refractivity contribution in [2.45, 2.75) is 23.0 Å². The number of pyridine rings is 1. The molecule has 1 aliphatic rings. The molecule has 2 N–H and O–H groups in total. The predicted octanol–water partition coefficient (Wildman–Crippen LogP) is 3.03. The maximum Gasteiger partial charge on any atom is 0.217 e. The van der Waals surface area contributed by atoms with Gasteiger partial charge in [-0.25, -0.2) is 0 Å². The lowest BCUT2D eigenvalue weighted by Gasteiger charge is -2.36. The van der Waals surface area contributed by atoms with Crippen LogP contribution in [0, 0.1) is 12.3 Å². The topological polar surface area (TPSA) is 95.1 Å². The lowest BCUT2D eigenvalue weighted by molar-refractivity contribution is 0.174. The van der Waals surface area contributed by atoms with Crippen LogP contribution in [-0.2, 0) is 0 Å². The average Bonchev–Trinajstić information content (AvgIpc) is 3.14. The van der Waals surface area contributed by atoms with Crippen LogP contribution < -0.4 is 5.32 Å². The van der Waals surface area contributed by atoms with E-state index in [-0.39, 0.29) is 0 Å². The van der Waals surface area contributed by atoms with Gasteiger partial charge in [-0.1, -0.05) is 0 Å². The number of fused-ring (bicyclic) bond motifs is 2. The number of allylic oxidation sites excluding steroid dienone is 1. The highest BCUT2D eigenvalue weighted by molar-refractivity contribution is 7.99. The summed E-state index contributed by atoms with van der Waals surface area (Å²) in [5.74, 6) is 0. The number of likely N-dealkylation sites (N-methyl/N-ethyl adjacent to an activating group) is 1. The molecule has 1 fully saturated rings. The van der Waals surface area contributed by atoms with Gasteiger partial charge in [0.15, 0.2) is 5.65 Å². The van der Waals surface area contributed by atoms with Gasteiger partial charge in [-0.05, 0) is 62.1 Å². The molecule has 3 aromatic heterocycles. The third-order valence-corrected chi connectivity index (χ3v) is 6.18. The van der Waals surface area contributed by atoms with Crippen molar-refractivity contribution in [2.75, 3.05) is 20.1 Å². The summed E-state index contributed by atoms with van der Waals surface area (Å²) < 4.78 is 1.76. The lowest BCUT2D eigenvalue weighted by atomic mass is 10.1. The first kappa shape index (κ1) is 19.7. The molecular formula is C22H22N8S. The first-order chi connectivity index (χ1) is 15.1. The summed E-state index contributed by atoms with van der Waals surface area (Å²) in [5, 5.41) is 25.9. The van der Waals surface area contributed by atoms with Crippen LogP contribution in [0.4, 0.5) is 0 Å². The van der Waals surface area contributed by atoms with E-state index in [1.165, 1.54) is 18.0 Å². The largest absolute Gasteiger partial charge is 0.385 e. The van der Waals surface area contributed by atoms with Crippen LogP contribution in [0.25, 0.3) is 22.1 Å². The van der Waals surface area contributed by atoms with Crippen molar-refractivity contribution < 1.29 is 0 Å². The second-order valence-corrected chi connectivity index (χ2v) is 8.78. The second-order valence-electron chi connectivity index (χ2n) is 7.74. The molecule has 0 saturated carbocycles. The number of likely N-dealkylation sites (tertiary alicyclic amines) is 1. The maximum atomic E-state index is 7.83. The van der Waals surface area contributed by atoms with Crippen LogP contribution in [0.15, 0.2) is 58.8 Å². The first-order valence-corrected chi connectivity index (χ1v) is 10.8. The Bertz CT molecular complexity index is 1310. The van der Waals surface area contributed by atoms with E-state index in [0.29, 0.717) is 6.04 Å². The molecule has 4 heterocycles. The van der Waals surface area contributed by atoms with Gasteiger partial charge >= 0.3 is 0 Å². The zero-order valence-corrected chi connectivity index (χ0v) is 18.1. The molecule has 4 aromatic rings.